The SMILES string of the molecule is O=C(O)[C@@](O)(c1ccccc1)c1cccc(C(F)(F)F)c1. The van der Waals surface area contributed by atoms with Crippen LogP contribution < -0.4 is 0 Å². The van der Waals surface area contributed by atoms with Gasteiger partial charge in [0.25, 0.3) is 0 Å². The van der Waals surface area contributed by atoms with E-state index in [2.05, 4.69) is 0 Å². The second-order valence-corrected chi connectivity index (χ2v) is 4.46. The van der Waals surface area contributed by atoms with Crippen molar-refractivity contribution >= 4 is 5.97 Å². The van der Waals surface area contributed by atoms with Gasteiger partial charge in [0.15, 0.2) is 0 Å². The molecule has 21 heavy (non-hydrogen) atoms. The third kappa shape index (κ3) is 2.75. The fraction of sp³-hybridized carbons (Fsp3) is 0.133. The molecule has 0 aliphatic rings. The maximum Gasteiger partial charge on any atom is 0.416 e. The van der Waals surface area contributed by atoms with E-state index in [1.54, 1.807) is 6.07 Å². The molecule has 0 aliphatic carbocycles. The number of carboxylic acids is 1. The average Bonchev–Trinajstić information content (AvgIpc) is 2.46. The summed E-state index contributed by atoms with van der Waals surface area (Å²) in [7, 11) is 0. The van der Waals surface area contributed by atoms with E-state index < -0.39 is 23.3 Å². The molecule has 0 heterocycles. The Morgan fingerprint density at radius 1 is 0.857 bits per heavy atom. The Kier molecular flexibility index (Phi) is 3.74. The largest absolute Gasteiger partial charge is 0.479 e. The van der Waals surface area contributed by atoms with E-state index in [-0.39, 0.29) is 11.1 Å². The van der Waals surface area contributed by atoms with Crippen molar-refractivity contribution in [3.8, 4) is 0 Å². The molecule has 2 rings (SSSR count). The summed E-state index contributed by atoms with van der Waals surface area (Å²) in [5.74, 6) is -1.65. The van der Waals surface area contributed by atoms with E-state index in [0.29, 0.717) is 6.07 Å². The summed E-state index contributed by atoms with van der Waals surface area (Å²) in [5.41, 5.74) is -3.92. The molecule has 1 atom stereocenters. The third-order valence-electron chi connectivity index (χ3n) is 3.11. The van der Waals surface area contributed by atoms with Gasteiger partial charge in [-0.15, -0.1) is 0 Å². The van der Waals surface area contributed by atoms with Gasteiger partial charge in [-0.1, -0.05) is 42.5 Å². The summed E-state index contributed by atoms with van der Waals surface area (Å²) in [4.78, 5) is 11.5. The van der Waals surface area contributed by atoms with Gasteiger partial charge in [0.1, 0.15) is 0 Å². The van der Waals surface area contributed by atoms with E-state index in [1.165, 1.54) is 24.3 Å². The van der Waals surface area contributed by atoms with Crippen LogP contribution in [0.15, 0.2) is 54.6 Å². The van der Waals surface area contributed by atoms with E-state index in [1.807, 2.05) is 0 Å². The number of halogens is 3. The normalized spacial score (nSPS) is 14.5. The van der Waals surface area contributed by atoms with Crippen LogP contribution in [-0.2, 0) is 16.6 Å². The van der Waals surface area contributed by atoms with Crippen LogP contribution in [0.1, 0.15) is 16.7 Å². The van der Waals surface area contributed by atoms with Crippen LogP contribution in [-0.4, -0.2) is 16.2 Å². The lowest BCUT2D eigenvalue weighted by atomic mass is 9.85. The maximum atomic E-state index is 12.7. The summed E-state index contributed by atoms with van der Waals surface area (Å²) in [6.45, 7) is 0. The summed E-state index contributed by atoms with van der Waals surface area (Å²) < 4.78 is 38.2. The predicted molar refractivity (Wildman–Crippen MR) is 68.5 cm³/mol. The van der Waals surface area contributed by atoms with Crippen molar-refractivity contribution in [2.45, 2.75) is 11.8 Å². The van der Waals surface area contributed by atoms with Crippen molar-refractivity contribution < 1.29 is 28.2 Å². The smallest absolute Gasteiger partial charge is 0.416 e. The van der Waals surface area contributed by atoms with Gasteiger partial charge in [-0.05, 0) is 17.7 Å². The molecule has 2 aromatic rings. The lowest BCUT2D eigenvalue weighted by Gasteiger charge is -2.25. The van der Waals surface area contributed by atoms with E-state index in [9.17, 15) is 28.2 Å². The van der Waals surface area contributed by atoms with Crippen LogP contribution in [0.4, 0.5) is 13.2 Å². The Hall–Kier alpha value is -2.34. The Bertz CT molecular complexity index is 653. The first-order valence-corrected chi connectivity index (χ1v) is 5.95. The number of hydrogen-bond donors (Lipinski definition) is 2. The van der Waals surface area contributed by atoms with E-state index in [4.69, 9.17) is 0 Å². The van der Waals surface area contributed by atoms with Gasteiger partial charge in [-0.2, -0.15) is 13.2 Å². The summed E-state index contributed by atoms with van der Waals surface area (Å²) in [6, 6.07) is 11.0. The fourth-order valence-electron chi connectivity index (χ4n) is 2.01. The number of aliphatic carboxylic acids is 1. The first kappa shape index (κ1) is 15.1. The number of carbonyl (C=O) groups is 1. The van der Waals surface area contributed by atoms with Gasteiger partial charge in [0.2, 0.25) is 5.60 Å². The molecule has 2 N–H and O–H groups in total. The second-order valence-electron chi connectivity index (χ2n) is 4.46. The summed E-state index contributed by atoms with van der Waals surface area (Å²) in [5, 5.41) is 19.8. The predicted octanol–water partition coefficient (Wildman–Crippen LogP) is 3.03. The lowest BCUT2D eigenvalue weighted by Crippen LogP contribution is -2.37. The topological polar surface area (TPSA) is 57.5 Å². The number of rotatable bonds is 3. The van der Waals surface area contributed by atoms with Crippen molar-refractivity contribution in [3.05, 3.63) is 71.3 Å². The van der Waals surface area contributed by atoms with Crippen molar-refractivity contribution in [3.63, 3.8) is 0 Å². The first-order chi connectivity index (χ1) is 9.76. The quantitative estimate of drug-likeness (QED) is 0.915. The van der Waals surface area contributed by atoms with Crippen LogP contribution in [0.25, 0.3) is 0 Å². The molecule has 0 saturated carbocycles. The Morgan fingerprint density at radius 3 is 1.90 bits per heavy atom. The molecule has 0 bridgehead atoms. The number of benzene rings is 2. The number of alkyl halides is 3. The zero-order chi connectivity index (χ0) is 15.7. The summed E-state index contributed by atoms with van der Waals surface area (Å²) >= 11 is 0. The van der Waals surface area contributed by atoms with Crippen LogP contribution >= 0.6 is 0 Å². The van der Waals surface area contributed by atoms with Crippen LogP contribution in [0, 0.1) is 0 Å². The standard InChI is InChI=1S/C15H11F3O3/c16-15(17,18)12-8-4-7-11(9-12)14(21,13(19)20)10-5-2-1-3-6-10/h1-9,21H,(H,19,20)/t14-/m1/s1. The number of hydrogen-bond acceptors (Lipinski definition) is 2. The zero-order valence-corrected chi connectivity index (χ0v) is 10.6. The van der Waals surface area contributed by atoms with Gasteiger partial charge in [-0.25, -0.2) is 4.79 Å². The van der Waals surface area contributed by atoms with Crippen molar-refractivity contribution in [2.24, 2.45) is 0 Å². The molecule has 0 fully saturated rings. The molecule has 3 nitrogen and oxygen atoms in total. The Morgan fingerprint density at radius 2 is 1.38 bits per heavy atom. The highest BCUT2D eigenvalue weighted by Gasteiger charge is 2.41. The van der Waals surface area contributed by atoms with E-state index in [0.717, 1.165) is 18.2 Å². The third-order valence-corrected chi connectivity index (χ3v) is 3.11. The highest BCUT2D eigenvalue weighted by molar-refractivity contribution is 5.83. The molecule has 0 unspecified atom stereocenters. The van der Waals surface area contributed by atoms with Gasteiger partial charge >= 0.3 is 12.1 Å². The fourth-order valence-corrected chi connectivity index (χ4v) is 2.01. The molecule has 6 heteroatoms. The molecule has 2 aromatic carbocycles. The average molecular weight is 296 g/mol. The minimum Gasteiger partial charge on any atom is -0.479 e. The highest BCUT2D eigenvalue weighted by Crippen LogP contribution is 2.35. The van der Waals surface area contributed by atoms with Crippen LogP contribution in [0.3, 0.4) is 0 Å². The molecule has 0 amide bonds. The number of carboxylic acid groups (broad SMARTS) is 1. The molecule has 0 aromatic heterocycles. The van der Waals surface area contributed by atoms with Crippen molar-refractivity contribution in [1.82, 2.24) is 0 Å². The van der Waals surface area contributed by atoms with Crippen molar-refractivity contribution in [2.75, 3.05) is 0 Å². The zero-order valence-electron chi connectivity index (χ0n) is 10.6. The minimum absolute atomic E-state index is 0.0168. The maximum absolute atomic E-state index is 12.7. The van der Waals surface area contributed by atoms with Crippen LogP contribution in [0.2, 0.25) is 0 Å². The van der Waals surface area contributed by atoms with E-state index >= 15 is 0 Å². The van der Waals surface area contributed by atoms with Gasteiger partial charge in [0, 0.05) is 5.56 Å². The molecule has 0 aliphatic heterocycles. The number of aliphatic hydroxyl groups is 1. The Balaban J connectivity index is 2.62. The van der Waals surface area contributed by atoms with Crippen LogP contribution in [0.5, 0.6) is 0 Å². The lowest BCUT2D eigenvalue weighted by molar-refractivity contribution is -0.155. The molecule has 110 valence electrons. The second kappa shape index (κ2) is 5.21. The van der Waals surface area contributed by atoms with Gasteiger partial charge in [0.05, 0.1) is 5.56 Å². The summed E-state index contributed by atoms with van der Waals surface area (Å²) in [6.07, 6.45) is -4.62. The highest BCUT2D eigenvalue weighted by atomic mass is 19.4. The molecule has 0 radical (unpaired) electrons. The van der Waals surface area contributed by atoms with Crippen molar-refractivity contribution in [1.29, 1.82) is 0 Å². The Labute approximate surface area is 118 Å². The minimum atomic E-state index is -4.62. The van der Waals surface area contributed by atoms with Gasteiger partial charge < -0.3 is 10.2 Å². The monoisotopic (exact) mass is 296 g/mol. The molecule has 0 saturated heterocycles. The first-order valence-electron chi connectivity index (χ1n) is 5.95. The molecule has 0 spiro atoms. The molecular formula is C15H11F3O3. The van der Waals surface area contributed by atoms with Gasteiger partial charge in [-0.3, -0.25) is 0 Å². The molecular weight excluding hydrogens is 285 g/mol.